The first-order valence-corrected chi connectivity index (χ1v) is 16.6. The number of halogens is 2. The number of primary amides is 1. The molecule has 3 aliphatic carbocycles. The van der Waals surface area contributed by atoms with Crippen molar-refractivity contribution in [2.75, 3.05) is 13.2 Å². The van der Waals surface area contributed by atoms with Crippen molar-refractivity contribution in [3.05, 3.63) is 75.8 Å². The molecule has 3 aromatic heterocycles. The fourth-order valence-electron chi connectivity index (χ4n) is 6.16. The van der Waals surface area contributed by atoms with Gasteiger partial charge in [0.15, 0.2) is 0 Å². The van der Waals surface area contributed by atoms with E-state index in [1.165, 1.54) is 12.1 Å². The molecule has 0 bridgehead atoms. The fraction of sp³-hybridized carbons (Fsp3) is 0.429. The normalized spacial score (nSPS) is 17.6. The van der Waals surface area contributed by atoms with Crippen LogP contribution in [0.1, 0.15) is 85.1 Å². The molecule has 12 heteroatoms. The Bertz CT molecular complexity index is 1870. The van der Waals surface area contributed by atoms with Gasteiger partial charge in [0.25, 0.3) is 5.91 Å². The molecule has 3 heterocycles. The van der Waals surface area contributed by atoms with Crippen molar-refractivity contribution >= 4 is 28.9 Å². The minimum absolute atomic E-state index is 0.0579. The van der Waals surface area contributed by atoms with Gasteiger partial charge in [-0.15, -0.1) is 0 Å². The van der Waals surface area contributed by atoms with Crippen molar-refractivity contribution in [3.63, 3.8) is 0 Å². The predicted molar refractivity (Wildman–Crippen MR) is 173 cm³/mol. The minimum atomic E-state index is -1.61. The highest BCUT2D eigenvalue weighted by Crippen LogP contribution is 2.45. The number of aliphatic hydroxyl groups is 1. The number of carbonyl (C=O) groups is 2. The number of hydrogen-bond donors (Lipinski definition) is 3. The molecule has 47 heavy (non-hydrogen) atoms. The molecule has 3 saturated carbocycles. The van der Waals surface area contributed by atoms with E-state index >= 15 is 0 Å². The predicted octanol–water partition coefficient (Wildman–Crippen LogP) is 5.45. The Hall–Kier alpha value is -4.22. The second kappa shape index (κ2) is 12.4. The van der Waals surface area contributed by atoms with Crippen LogP contribution in [0.25, 0.3) is 16.8 Å². The molecule has 1 aromatic carbocycles. The summed E-state index contributed by atoms with van der Waals surface area (Å²) >= 11 is 5.97. The lowest BCUT2D eigenvalue weighted by molar-refractivity contribution is -0.117. The van der Waals surface area contributed by atoms with E-state index in [2.05, 4.69) is 5.32 Å². The van der Waals surface area contributed by atoms with Gasteiger partial charge in [-0.05, 0) is 81.7 Å². The lowest BCUT2D eigenvalue weighted by atomic mass is 9.70. The van der Waals surface area contributed by atoms with E-state index in [0.29, 0.717) is 41.3 Å². The fourth-order valence-corrected chi connectivity index (χ4v) is 6.28. The van der Waals surface area contributed by atoms with Crippen LogP contribution in [0.3, 0.4) is 0 Å². The number of pyridine rings is 2. The SMILES string of the molecule is CCOc1c(CC(N)=O)cc([C@@](O)(CNC(=O)c2cc(OC3CC3)n3nc(C4CC4)cc3c2)C2CCC2)nc1-c1ccc(Cl)c(F)c1. The van der Waals surface area contributed by atoms with Gasteiger partial charge in [-0.25, -0.2) is 13.9 Å². The molecule has 0 aliphatic heterocycles. The molecule has 7 rings (SSSR count). The van der Waals surface area contributed by atoms with E-state index in [1.54, 1.807) is 35.7 Å². The third-order valence-corrected chi connectivity index (χ3v) is 9.56. The Labute approximate surface area is 276 Å². The number of ether oxygens (including phenoxy) is 2. The van der Waals surface area contributed by atoms with Crippen LogP contribution in [0.5, 0.6) is 11.6 Å². The standard InChI is InChI=1S/C35H37ClFN5O5/c1-2-46-33-21(15-30(38)43)14-29(40-32(33)20-8-11-26(36)27(37)13-20)35(45,23-4-3-5-23)18-39-34(44)22-12-24-17-28(19-6-7-19)41-42(24)31(16-22)47-25-9-10-25/h8,11-14,16-17,19,23,25,45H,2-7,9-10,15,18H2,1H3,(H2,38,43)(H,39,44)/t35-/m1/s1. The second-order valence-electron chi connectivity index (χ2n) is 12.9. The van der Waals surface area contributed by atoms with Gasteiger partial charge in [0.2, 0.25) is 11.8 Å². The number of aromatic nitrogens is 3. The first-order valence-electron chi connectivity index (χ1n) is 16.2. The Morgan fingerprint density at radius 3 is 2.55 bits per heavy atom. The van der Waals surface area contributed by atoms with Crippen molar-refractivity contribution in [2.24, 2.45) is 11.7 Å². The van der Waals surface area contributed by atoms with Gasteiger partial charge >= 0.3 is 0 Å². The number of nitrogens with one attached hydrogen (secondary N) is 1. The van der Waals surface area contributed by atoms with E-state index in [-0.39, 0.29) is 59.7 Å². The zero-order chi connectivity index (χ0) is 32.9. The van der Waals surface area contributed by atoms with E-state index in [4.69, 9.17) is 36.9 Å². The van der Waals surface area contributed by atoms with Crippen LogP contribution in [0.15, 0.2) is 42.5 Å². The average Bonchev–Trinajstić information content (AvgIpc) is 3.95. The number of nitrogens with two attached hydrogens (primary N) is 1. The maximum absolute atomic E-state index is 14.6. The summed E-state index contributed by atoms with van der Waals surface area (Å²) in [6.45, 7) is 1.87. The van der Waals surface area contributed by atoms with E-state index in [1.807, 2.05) is 6.07 Å². The summed E-state index contributed by atoms with van der Waals surface area (Å²) in [6.07, 6.45) is 6.36. The molecular weight excluding hydrogens is 625 g/mol. The molecular formula is C35H37ClFN5O5. The number of benzene rings is 1. The largest absolute Gasteiger partial charge is 0.491 e. The molecule has 3 aliphatic rings. The van der Waals surface area contributed by atoms with Gasteiger partial charge in [0.1, 0.15) is 29.0 Å². The van der Waals surface area contributed by atoms with E-state index < -0.39 is 17.3 Å². The van der Waals surface area contributed by atoms with Gasteiger partial charge in [-0.3, -0.25) is 9.59 Å². The number of hydrogen-bond acceptors (Lipinski definition) is 7. The van der Waals surface area contributed by atoms with Gasteiger partial charge < -0.3 is 25.6 Å². The number of amides is 2. The highest BCUT2D eigenvalue weighted by Gasteiger charge is 2.44. The molecule has 246 valence electrons. The summed E-state index contributed by atoms with van der Waals surface area (Å²) in [5.74, 6) is -0.656. The quantitative estimate of drug-likeness (QED) is 0.173. The van der Waals surface area contributed by atoms with Crippen LogP contribution in [0, 0.1) is 11.7 Å². The number of carbonyl (C=O) groups excluding carboxylic acids is 2. The Morgan fingerprint density at radius 2 is 1.91 bits per heavy atom. The zero-order valence-corrected chi connectivity index (χ0v) is 26.9. The topological polar surface area (TPSA) is 141 Å². The number of rotatable bonds is 13. The summed E-state index contributed by atoms with van der Waals surface area (Å²) in [4.78, 5) is 30.7. The smallest absolute Gasteiger partial charge is 0.251 e. The Balaban J connectivity index is 1.25. The van der Waals surface area contributed by atoms with Crippen molar-refractivity contribution < 1.29 is 28.6 Å². The van der Waals surface area contributed by atoms with Crippen molar-refractivity contribution in [3.8, 4) is 22.9 Å². The van der Waals surface area contributed by atoms with Gasteiger partial charge in [-0.1, -0.05) is 24.1 Å². The second-order valence-corrected chi connectivity index (χ2v) is 13.3. The van der Waals surface area contributed by atoms with Crippen LogP contribution in [0.4, 0.5) is 4.39 Å². The van der Waals surface area contributed by atoms with E-state index in [9.17, 15) is 19.1 Å². The molecule has 0 saturated heterocycles. The van der Waals surface area contributed by atoms with Crippen LogP contribution >= 0.6 is 11.6 Å². The minimum Gasteiger partial charge on any atom is -0.491 e. The van der Waals surface area contributed by atoms with E-state index in [0.717, 1.165) is 43.3 Å². The van der Waals surface area contributed by atoms with Crippen molar-refractivity contribution in [1.29, 1.82) is 0 Å². The third kappa shape index (κ3) is 6.38. The summed E-state index contributed by atoms with van der Waals surface area (Å²) in [6, 6.07) is 11.3. The summed E-state index contributed by atoms with van der Waals surface area (Å²) in [5.41, 5.74) is 7.38. The molecule has 4 aromatic rings. The first kappa shape index (κ1) is 31.4. The summed E-state index contributed by atoms with van der Waals surface area (Å²) in [7, 11) is 0. The van der Waals surface area contributed by atoms with Gasteiger partial charge in [-0.2, -0.15) is 5.10 Å². The van der Waals surface area contributed by atoms with Crippen LogP contribution in [-0.2, 0) is 16.8 Å². The maximum atomic E-state index is 14.6. The first-order chi connectivity index (χ1) is 22.6. The highest BCUT2D eigenvalue weighted by atomic mass is 35.5. The lowest BCUT2D eigenvalue weighted by Gasteiger charge is -2.41. The summed E-state index contributed by atoms with van der Waals surface area (Å²) in [5, 5.41) is 20.1. The molecule has 3 fully saturated rings. The number of nitrogens with zero attached hydrogens (tertiary/aromatic N) is 3. The molecule has 10 nitrogen and oxygen atoms in total. The molecule has 1 atom stereocenters. The van der Waals surface area contributed by atoms with Gasteiger partial charge in [0, 0.05) is 28.7 Å². The average molecular weight is 662 g/mol. The van der Waals surface area contributed by atoms with Crippen LogP contribution in [0.2, 0.25) is 5.02 Å². The molecule has 0 spiro atoms. The van der Waals surface area contributed by atoms with Crippen molar-refractivity contribution in [2.45, 2.75) is 75.9 Å². The highest BCUT2D eigenvalue weighted by molar-refractivity contribution is 6.30. The van der Waals surface area contributed by atoms with Crippen LogP contribution in [-0.4, -0.2) is 50.8 Å². The molecule has 2 amide bonds. The van der Waals surface area contributed by atoms with Gasteiger partial charge in [0.05, 0.1) is 41.5 Å². The monoisotopic (exact) mass is 661 g/mol. The van der Waals surface area contributed by atoms with Crippen molar-refractivity contribution in [1.82, 2.24) is 19.9 Å². The lowest BCUT2D eigenvalue weighted by Crippen LogP contribution is -2.49. The Kier molecular flexibility index (Phi) is 8.30. The molecule has 4 N–H and O–H groups in total. The maximum Gasteiger partial charge on any atom is 0.251 e. The Morgan fingerprint density at radius 1 is 1.13 bits per heavy atom. The zero-order valence-electron chi connectivity index (χ0n) is 26.1. The molecule has 0 unspecified atom stereocenters. The third-order valence-electron chi connectivity index (χ3n) is 9.26. The summed E-state index contributed by atoms with van der Waals surface area (Å²) < 4.78 is 28.5. The number of fused-ring (bicyclic) bond motifs is 1. The van der Waals surface area contributed by atoms with Crippen LogP contribution < -0.4 is 20.5 Å². The molecule has 0 radical (unpaired) electrons.